The van der Waals surface area contributed by atoms with Gasteiger partial charge in [-0.3, -0.25) is 0 Å². The molecule has 3 aromatic rings. The molecule has 1 aromatic heterocycles. The van der Waals surface area contributed by atoms with Gasteiger partial charge in [-0.1, -0.05) is 42.5 Å². The van der Waals surface area contributed by atoms with Crippen molar-refractivity contribution in [3.05, 3.63) is 59.9 Å². The van der Waals surface area contributed by atoms with E-state index in [4.69, 9.17) is 4.74 Å². The van der Waals surface area contributed by atoms with Crippen molar-refractivity contribution in [2.24, 2.45) is 0 Å². The lowest BCUT2D eigenvalue weighted by molar-refractivity contribution is 0.119. The van der Waals surface area contributed by atoms with Crippen LogP contribution in [0.3, 0.4) is 0 Å². The number of aromatic nitrogens is 2. The summed E-state index contributed by atoms with van der Waals surface area (Å²) in [6.45, 7) is 3.97. The maximum atomic E-state index is 5.35. The lowest BCUT2D eigenvalue weighted by atomic mass is 10.0. The van der Waals surface area contributed by atoms with Gasteiger partial charge in [-0.05, 0) is 25.5 Å². The topological polar surface area (TPSA) is 35.0 Å². The molecule has 0 fully saturated rings. The first-order chi connectivity index (χ1) is 10.2. The Morgan fingerprint density at radius 1 is 0.952 bits per heavy atom. The summed E-state index contributed by atoms with van der Waals surface area (Å²) in [7, 11) is 1.72. The van der Waals surface area contributed by atoms with Gasteiger partial charge in [0, 0.05) is 18.1 Å². The zero-order chi connectivity index (χ0) is 14.8. The third-order valence-corrected chi connectivity index (χ3v) is 3.72. The minimum atomic E-state index is 0.0999. The molecule has 0 aliphatic heterocycles. The molecule has 0 unspecified atom stereocenters. The van der Waals surface area contributed by atoms with Crippen molar-refractivity contribution in [3.63, 3.8) is 0 Å². The molecule has 3 rings (SSSR count). The molecule has 106 valence electrons. The fourth-order valence-corrected chi connectivity index (χ4v) is 2.46. The summed E-state index contributed by atoms with van der Waals surface area (Å²) in [4.78, 5) is 9.11. The van der Waals surface area contributed by atoms with Crippen LogP contribution in [-0.4, -0.2) is 17.1 Å². The first kappa shape index (κ1) is 13.7. The molecule has 0 amide bonds. The molecule has 0 aliphatic rings. The van der Waals surface area contributed by atoms with Crippen LogP contribution in [0.2, 0.25) is 0 Å². The van der Waals surface area contributed by atoms with E-state index in [0.717, 1.165) is 33.5 Å². The van der Waals surface area contributed by atoms with Crippen LogP contribution in [0.15, 0.2) is 48.5 Å². The van der Waals surface area contributed by atoms with E-state index in [0.29, 0.717) is 0 Å². The van der Waals surface area contributed by atoms with E-state index in [1.54, 1.807) is 7.11 Å². The van der Waals surface area contributed by atoms with Crippen LogP contribution in [0.4, 0.5) is 0 Å². The fraction of sp³-hybridized carbons (Fsp3) is 0.222. The largest absolute Gasteiger partial charge is 0.377 e. The van der Waals surface area contributed by atoms with E-state index < -0.39 is 0 Å². The summed E-state index contributed by atoms with van der Waals surface area (Å²) >= 11 is 0. The van der Waals surface area contributed by atoms with Crippen LogP contribution in [0, 0.1) is 6.92 Å². The molecular weight excluding hydrogens is 260 g/mol. The third-order valence-electron chi connectivity index (χ3n) is 3.72. The molecule has 3 heteroatoms. The maximum absolute atomic E-state index is 5.35. The van der Waals surface area contributed by atoms with Gasteiger partial charge in [0.05, 0.1) is 17.3 Å². The Morgan fingerprint density at radius 2 is 1.67 bits per heavy atom. The molecule has 0 aliphatic carbocycles. The van der Waals surface area contributed by atoms with Crippen LogP contribution in [-0.2, 0) is 4.74 Å². The van der Waals surface area contributed by atoms with Crippen LogP contribution < -0.4 is 0 Å². The Labute approximate surface area is 124 Å². The summed E-state index contributed by atoms with van der Waals surface area (Å²) in [6.07, 6.45) is 0.0999. The van der Waals surface area contributed by atoms with Gasteiger partial charge in [0.1, 0.15) is 5.82 Å². The smallest absolute Gasteiger partial charge is 0.126 e. The van der Waals surface area contributed by atoms with Crippen molar-refractivity contribution in [1.29, 1.82) is 0 Å². The minimum absolute atomic E-state index is 0.0999. The van der Waals surface area contributed by atoms with E-state index in [2.05, 4.69) is 40.3 Å². The summed E-state index contributed by atoms with van der Waals surface area (Å²) in [5.41, 5.74) is 4.23. The van der Waals surface area contributed by atoms with Crippen LogP contribution in [0.25, 0.3) is 22.2 Å². The molecule has 2 aromatic carbocycles. The first-order valence-corrected chi connectivity index (χ1v) is 7.05. The first-order valence-electron chi connectivity index (χ1n) is 7.05. The van der Waals surface area contributed by atoms with Crippen molar-refractivity contribution >= 4 is 10.9 Å². The van der Waals surface area contributed by atoms with Gasteiger partial charge in [0.25, 0.3) is 0 Å². The van der Waals surface area contributed by atoms with Gasteiger partial charge >= 0.3 is 0 Å². The number of nitrogens with zero attached hydrogens (tertiary/aromatic N) is 2. The Bertz CT molecular complexity index is 766. The number of para-hydroxylation sites is 1. The molecule has 0 N–H and O–H groups in total. The average Bonchev–Trinajstić information content (AvgIpc) is 2.53. The standard InChI is InChI=1S/C18H18N2O/c1-12(21-3)14-8-10-15(11-9-14)18-16-6-4-5-7-17(16)19-13(2)20-18/h4-12H,1-3H3/t12-/m1/s1. The SMILES string of the molecule is CO[C@H](C)c1ccc(-c2nc(C)nc3ccccc23)cc1. The van der Waals surface area contributed by atoms with Crippen LogP contribution >= 0.6 is 0 Å². The molecule has 0 spiro atoms. The van der Waals surface area contributed by atoms with Gasteiger partial charge in [-0.2, -0.15) is 0 Å². The number of methoxy groups -OCH3 is 1. The number of hydrogen-bond acceptors (Lipinski definition) is 3. The lowest BCUT2D eigenvalue weighted by Crippen LogP contribution is -1.97. The molecule has 1 heterocycles. The Hall–Kier alpha value is -2.26. The Balaban J connectivity index is 2.12. The van der Waals surface area contributed by atoms with Crippen molar-refractivity contribution in [3.8, 4) is 11.3 Å². The quantitative estimate of drug-likeness (QED) is 0.716. The normalized spacial score (nSPS) is 12.5. The molecule has 0 saturated carbocycles. The summed E-state index contributed by atoms with van der Waals surface area (Å²) in [5.74, 6) is 0.790. The van der Waals surface area contributed by atoms with Gasteiger partial charge in [-0.25, -0.2) is 9.97 Å². The highest BCUT2D eigenvalue weighted by Gasteiger charge is 2.09. The second-order valence-corrected chi connectivity index (χ2v) is 5.14. The fourth-order valence-electron chi connectivity index (χ4n) is 2.46. The predicted octanol–water partition coefficient (Wildman–Crippen LogP) is 4.31. The second-order valence-electron chi connectivity index (χ2n) is 5.14. The molecule has 3 nitrogen and oxygen atoms in total. The number of fused-ring (bicyclic) bond motifs is 1. The number of aryl methyl sites for hydroxylation is 1. The highest BCUT2D eigenvalue weighted by molar-refractivity contribution is 5.92. The van der Waals surface area contributed by atoms with Gasteiger partial charge < -0.3 is 4.74 Å². The lowest BCUT2D eigenvalue weighted by Gasteiger charge is -2.11. The summed E-state index contributed by atoms with van der Waals surface area (Å²) in [6, 6.07) is 16.5. The maximum Gasteiger partial charge on any atom is 0.126 e. The van der Waals surface area contributed by atoms with E-state index in [1.807, 2.05) is 32.0 Å². The van der Waals surface area contributed by atoms with E-state index >= 15 is 0 Å². The molecule has 1 atom stereocenters. The number of benzene rings is 2. The van der Waals surface area contributed by atoms with E-state index in [1.165, 1.54) is 0 Å². The van der Waals surface area contributed by atoms with Crippen molar-refractivity contribution in [2.75, 3.05) is 7.11 Å². The van der Waals surface area contributed by atoms with E-state index in [9.17, 15) is 0 Å². The summed E-state index contributed by atoms with van der Waals surface area (Å²) < 4.78 is 5.35. The zero-order valence-corrected chi connectivity index (χ0v) is 12.5. The Morgan fingerprint density at radius 3 is 2.38 bits per heavy atom. The molecule has 21 heavy (non-hydrogen) atoms. The second kappa shape index (κ2) is 5.62. The third kappa shape index (κ3) is 2.65. The highest BCUT2D eigenvalue weighted by atomic mass is 16.5. The number of hydrogen-bond donors (Lipinski definition) is 0. The molecular formula is C18H18N2O. The van der Waals surface area contributed by atoms with E-state index in [-0.39, 0.29) is 6.10 Å². The highest BCUT2D eigenvalue weighted by Crippen LogP contribution is 2.27. The van der Waals surface area contributed by atoms with Gasteiger partial charge in [0.2, 0.25) is 0 Å². The van der Waals surface area contributed by atoms with Crippen molar-refractivity contribution in [1.82, 2.24) is 9.97 Å². The Kier molecular flexibility index (Phi) is 3.67. The van der Waals surface area contributed by atoms with Crippen molar-refractivity contribution in [2.45, 2.75) is 20.0 Å². The predicted molar refractivity (Wildman–Crippen MR) is 85.1 cm³/mol. The average molecular weight is 278 g/mol. The van der Waals surface area contributed by atoms with Crippen LogP contribution in [0.5, 0.6) is 0 Å². The van der Waals surface area contributed by atoms with Crippen molar-refractivity contribution < 1.29 is 4.74 Å². The minimum Gasteiger partial charge on any atom is -0.377 e. The molecule has 0 radical (unpaired) electrons. The number of rotatable bonds is 3. The molecule has 0 saturated heterocycles. The summed E-state index contributed by atoms with van der Waals surface area (Å²) in [5, 5.41) is 1.08. The molecule has 0 bridgehead atoms. The van der Waals surface area contributed by atoms with Crippen LogP contribution in [0.1, 0.15) is 24.4 Å². The van der Waals surface area contributed by atoms with Gasteiger partial charge in [0.15, 0.2) is 0 Å². The van der Waals surface area contributed by atoms with Gasteiger partial charge in [-0.15, -0.1) is 0 Å². The number of ether oxygens (including phenoxy) is 1. The monoisotopic (exact) mass is 278 g/mol. The zero-order valence-electron chi connectivity index (χ0n) is 12.5.